The lowest BCUT2D eigenvalue weighted by atomic mass is 10.0. The van der Waals surface area contributed by atoms with Gasteiger partial charge in [-0.25, -0.2) is 9.78 Å². The highest BCUT2D eigenvalue weighted by atomic mass is 16.2. The number of amides is 3. The number of carbonyl (C=O) groups is 2. The van der Waals surface area contributed by atoms with Crippen molar-refractivity contribution in [1.82, 2.24) is 25.5 Å². The van der Waals surface area contributed by atoms with E-state index in [4.69, 9.17) is 0 Å². The fraction of sp³-hybridized carbons (Fsp3) is 0.533. The molecule has 0 saturated heterocycles. The van der Waals surface area contributed by atoms with Crippen molar-refractivity contribution in [3.8, 4) is 0 Å². The molecule has 7 heteroatoms. The van der Waals surface area contributed by atoms with Gasteiger partial charge in [-0.1, -0.05) is 13.8 Å². The van der Waals surface area contributed by atoms with Crippen LogP contribution >= 0.6 is 0 Å². The zero-order valence-electron chi connectivity index (χ0n) is 13.4. The molecule has 7 nitrogen and oxygen atoms in total. The number of rotatable bonds is 5. The van der Waals surface area contributed by atoms with Crippen LogP contribution in [0.3, 0.4) is 0 Å². The Morgan fingerprint density at radius 1 is 1.50 bits per heavy atom. The molecule has 0 saturated carbocycles. The molecule has 1 atom stereocenters. The third kappa shape index (κ3) is 3.66. The summed E-state index contributed by atoms with van der Waals surface area (Å²) in [6.45, 7) is 9.06. The fourth-order valence-electron chi connectivity index (χ4n) is 2.55. The molecule has 120 valence electrons. The van der Waals surface area contributed by atoms with Gasteiger partial charge in [0.2, 0.25) is 0 Å². The maximum absolute atomic E-state index is 12.4. The van der Waals surface area contributed by atoms with Gasteiger partial charge in [0, 0.05) is 18.4 Å². The molecule has 0 unspecified atom stereocenters. The molecule has 3 N–H and O–H groups in total. The molecule has 0 aliphatic carbocycles. The van der Waals surface area contributed by atoms with Crippen LogP contribution in [0.4, 0.5) is 4.79 Å². The van der Waals surface area contributed by atoms with Gasteiger partial charge in [0.25, 0.3) is 5.91 Å². The molecule has 22 heavy (non-hydrogen) atoms. The number of hydrogen-bond acceptors (Lipinski definition) is 3. The van der Waals surface area contributed by atoms with Crippen molar-refractivity contribution >= 4 is 11.9 Å². The summed E-state index contributed by atoms with van der Waals surface area (Å²) in [5.74, 6) is 0.321. The summed E-state index contributed by atoms with van der Waals surface area (Å²) in [4.78, 5) is 27.8. The zero-order chi connectivity index (χ0) is 16.3. The van der Waals surface area contributed by atoms with Gasteiger partial charge in [0.15, 0.2) is 0 Å². The largest absolute Gasteiger partial charge is 0.347 e. The van der Waals surface area contributed by atoms with Crippen LogP contribution in [0.25, 0.3) is 0 Å². The number of hydrogen-bond donors (Lipinski definition) is 3. The van der Waals surface area contributed by atoms with E-state index < -0.39 is 0 Å². The number of nitrogens with one attached hydrogen (secondary N) is 3. The van der Waals surface area contributed by atoms with Crippen LogP contribution in [0.15, 0.2) is 23.8 Å². The van der Waals surface area contributed by atoms with E-state index in [-0.39, 0.29) is 18.0 Å². The average Bonchev–Trinajstić information content (AvgIpc) is 2.81. The zero-order valence-corrected chi connectivity index (χ0v) is 13.4. The van der Waals surface area contributed by atoms with Gasteiger partial charge in [0.1, 0.15) is 0 Å². The number of aromatic nitrogens is 2. The van der Waals surface area contributed by atoms with Gasteiger partial charge in [-0.2, -0.15) is 0 Å². The van der Waals surface area contributed by atoms with E-state index >= 15 is 0 Å². The summed E-state index contributed by atoms with van der Waals surface area (Å²) in [6.07, 6.45) is 3.53. The Kier molecular flexibility index (Phi) is 4.85. The molecule has 0 fully saturated rings. The average molecular weight is 305 g/mol. The lowest BCUT2D eigenvalue weighted by molar-refractivity contribution is -0.118. The molecule has 0 bridgehead atoms. The predicted octanol–water partition coefficient (Wildman–Crippen LogP) is 1.13. The third-order valence-corrected chi connectivity index (χ3v) is 3.52. The van der Waals surface area contributed by atoms with E-state index in [9.17, 15) is 9.59 Å². The molecule has 1 aromatic heterocycles. The maximum Gasteiger partial charge on any atom is 0.319 e. The SMILES string of the molecule is CC1=C(C(=O)NCc2cncn2CC(C)C)[C@H](C)NC(=O)N1. The van der Waals surface area contributed by atoms with Crippen molar-refractivity contribution in [2.75, 3.05) is 0 Å². The van der Waals surface area contributed by atoms with Crippen molar-refractivity contribution in [2.45, 2.75) is 46.8 Å². The fourth-order valence-corrected chi connectivity index (χ4v) is 2.55. The second-order valence-electron chi connectivity index (χ2n) is 5.97. The van der Waals surface area contributed by atoms with E-state index in [1.807, 2.05) is 4.57 Å². The van der Waals surface area contributed by atoms with Crippen LogP contribution in [0, 0.1) is 5.92 Å². The lowest BCUT2D eigenvalue weighted by Gasteiger charge is -2.25. The maximum atomic E-state index is 12.4. The normalized spacial score (nSPS) is 18.2. The van der Waals surface area contributed by atoms with E-state index in [1.165, 1.54) is 0 Å². The Morgan fingerprint density at radius 2 is 2.23 bits per heavy atom. The summed E-state index contributed by atoms with van der Waals surface area (Å²) >= 11 is 0. The molecule has 0 spiro atoms. The van der Waals surface area contributed by atoms with Crippen LogP contribution in [-0.2, 0) is 17.9 Å². The second-order valence-corrected chi connectivity index (χ2v) is 5.97. The van der Waals surface area contributed by atoms with Crippen molar-refractivity contribution in [1.29, 1.82) is 0 Å². The van der Waals surface area contributed by atoms with Gasteiger partial charge in [0.05, 0.1) is 30.2 Å². The first-order valence-corrected chi connectivity index (χ1v) is 7.44. The van der Waals surface area contributed by atoms with Gasteiger partial charge in [-0.15, -0.1) is 0 Å². The van der Waals surface area contributed by atoms with Crippen LogP contribution < -0.4 is 16.0 Å². The minimum atomic E-state index is -0.311. The van der Waals surface area contributed by atoms with Gasteiger partial charge in [-0.3, -0.25) is 4.79 Å². The van der Waals surface area contributed by atoms with Crippen LogP contribution in [0.2, 0.25) is 0 Å². The summed E-state index contributed by atoms with van der Waals surface area (Å²) in [7, 11) is 0. The van der Waals surface area contributed by atoms with Crippen molar-refractivity contribution in [3.63, 3.8) is 0 Å². The van der Waals surface area contributed by atoms with E-state index in [0.29, 0.717) is 23.7 Å². The van der Waals surface area contributed by atoms with Crippen molar-refractivity contribution < 1.29 is 9.59 Å². The van der Waals surface area contributed by atoms with E-state index in [1.54, 1.807) is 26.4 Å². The highest BCUT2D eigenvalue weighted by molar-refractivity contribution is 5.98. The highest BCUT2D eigenvalue weighted by Gasteiger charge is 2.26. The highest BCUT2D eigenvalue weighted by Crippen LogP contribution is 2.12. The molecule has 1 aliphatic heterocycles. The summed E-state index contributed by atoms with van der Waals surface area (Å²) < 4.78 is 2.04. The quantitative estimate of drug-likeness (QED) is 0.762. The number of urea groups is 1. The number of carbonyl (C=O) groups excluding carboxylic acids is 2. The third-order valence-electron chi connectivity index (χ3n) is 3.52. The standard InChI is InChI=1S/C15H23N5O2/c1-9(2)7-20-8-16-5-12(20)6-17-14(21)13-10(3)18-15(22)19-11(13)4/h5,8-10H,6-7H2,1-4H3,(H,17,21)(H2,18,19,22)/t10-/m0/s1. The van der Waals surface area contributed by atoms with E-state index in [2.05, 4.69) is 34.8 Å². The Bertz CT molecular complexity index is 603. The summed E-state index contributed by atoms with van der Waals surface area (Å²) in [6, 6.07) is -0.592. The van der Waals surface area contributed by atoms with Crippen molar-refractivity contribution in [3.05, 3.63) is 29.5 Å². The summed E-state index contributed by atoms with van der Waals surface area (Å²) in [5.41, 5.74) is 2.10. The minimum absolute atomic E-state index is 0.185. The summed E-state index contributed by atoms with van der Waals surface area (Å²) in [5, 5.41) is 8.20. The van der Waals surface area contributed by atoms with Crippen LogP contribution in [0.1, 0.15) is 33.4 Å². The first-order chi connectivity index (χ1) is 10.4. The number of nitrogens with zero attached hydrogens (tertiary/aromatic N) is 2. The Labute approximate surface area is 130 Å². The molecule has 0 aromatic carbocycles. The molecule has 1 aromatic rings. The number of imidazole rings is 1. The number of allylic oxidation sites excluding steroid dienone is 1. The van der Waals surface area contributed by atoms with Crippen LogP contribution in [0.5, 0.6) is 0 Å². The Morgan fingerprint density at radius 3 is 2.86 bits per heavy atom. The molecule has 2 rings (SSSR count). The first-order valence-electron chi connectivity index (χ1n) is 7.44. The molecular formula is C15H23N5O2. The van der Waals surface area contributed by atoms with Crippen molar-refractivity contribution in [2.24, 2.45) is 5.92 Å². The topological polar surface area (TPSA) is 88.1 Å². The smallest absolute Gasteiger partial charge is 0.319 e. The first kappa shape index (κ1) is 16.1. The van der Waals surface area contributed by atoms with Gasteiger partial charge < -0.3 is 20.5 Å². The second kappa shape index (κ2) is 6.64. The minimum Gasteiger partial charge on any atom is -0.347 e. The van der Waals surface area contributed by atoms with Crippen LogP contribution in [-0.4, -0.2) is 27.5 Å². The van der Waals surface area contributed by atoms with E-state index in [0.717, 1.165) is 12.2 Å². The lowest BCUT2D eigenvalue weighted by Crippen LogP contribution is -2.50. The molecule has 1 aliphatic rings. The Hall–Kier alpha value is -2.31. The van der Waals surface area contributed by atoms with Gasteiger partial charge >= 0.3 is 6.03 Å². The molecule has 2 heterocycles. The molecular weight excluding hydrogens is 282 g/mol. The molecule has 0 radical (unpaired) electrons. The van der Waals surface area contributed by atoms with Gasteiger partial charge in [-0.05, 0) is 19.8 Å². The molecule has 3 amide bonds. The Balaban J connectivity index is 2.03. The predicted molar refractivity (Wildman–Crippen MR) is 82.7 cm³/mol. The monoisotopic (exact) mass is 305 g/mol.